The molecule has 0 unspecified atom stereocenters. The van der Waals surface area contributed by atoms with E-state index in [1.807, 2.05) is 38.1 Å². The van der Waals surface area contributed by atoms with Crippen molar-refractivity contribution in [3.05, 3.63) is 59.9 Å². The minimum absolute atomic E-state index is 0.0639. The summed E-state index contributed by atoms with van der Waals surface area (Å²) in [5.74, 6) is 1.30. The van der Waals surface area contributed by atoms with Gasteiger partial charge < -0.3 is 13.7 Å². The topological polar surface area (TPSA) is 129 Å². The van der Waals surface area contributed by atoms with Crippen molar-refractivity contribution in [2.75, 3.05) is 12.5 Å². The van der Waals surface area contributed by atoms with E-state index in [-0.39, 0.29) is 11.8 Å². The first kappa shape index (κ1) is 27.4. The fourth-order valence-corrected chi connectivity index (χ4v) is 3.18. The maximum atomic E-state index is 12.7. The third-order valence-electron chi connectivity index (χ3n) is 5.05. The molecule has 0 spiro atoms. The van der Waals surface area contributed by atoms with Crippen molar-refractivity contribution in [3.63, 3.8) is 0 Å². The predicted octanol–water partition coefficient (Wildman–Crippen LogP) is 5.91. The van der Waals surface area contributed by atoms with Crippen LogP contribution in [0.3, 0.4) is 0 Å². The van der Waals surface area contributed by atoms with Gasteiger partial charge in [-0.25, -0.2) is 14.2 Å². The fourth-order valence-electron chi connectivity index (χ4n) is 3.18. The Morgan fingerprint density at radius 3 is 2.24 bits per heavy atom. The van der Waals surface area contributed by atoms with E-state index in [0.29, 0.717) is 35.8 Å². The SMILES string of the molecule is CC(C)(C)OC(=O)Nc1ccc(-c2noc(C(C)(C)c3ccc(-c4nnc(CF)o4)cc3)n2)cn1.CF. The summed E-state index contributed by atoms with van der Waals surface area (Å²) in [5, 5.41) is 14.2. The van der Waals surface area contributed by atoms with Crippen LogP contribution < -0.4 is 5.32 Å². The van der Waals surface area contributed by atoms with Gasteiger partial charge in [0.25, 0.3) is 0 Å². The number of pyridine rings is 1. The number of hydrogen-bond donors (Lipinski definition) is 1. The van der Waals surface area contributed by atoms with Crippen LogP contribution in [0.2, 0.25) is 0 Å². The summed E-state index contributed by atoms with van der Waals surface area (Å²) in [6, 6.07) is 10.8. The second-order valence-electron chi connectivity index (χ2n) is 9.32. The first-order chi connectivity index (χ1) is 17.5. The third-order valence-corrected chi connectivity index (χ3v) is 5.05. The monoisotopic (exact) mass is 514 g/mol. The summed E-state index contributed by atoms with van der Waals surface area (Å²) in [7, 11) is 0.500. The van der Waals surface area contributed by atoms with E-state index in [2.05, 4.69) is 30.6 Å². The van der Waals surface area contributed by atoms with Crippen molar-refractivity contribution in [3.8, 4) is 22.8 Å². The van der Waals surface area contributed by atoms with Gasteiger partial charge in [-0.05, 0) is 64.4 Å². The van der Waals surface area contributed by atoms with Crippen LogP contribution in [0.15, 0.2) is 51.5 Å². The number of nitrogens with one attached hydrogen (secondary N) is 1. The number of nitrogens with zero attached hydrogens (tertiary/aromatic N) is 5. The van der Waals surface area contributed by atoms with Crippen LogP contribution >= 0.6 is 0 Å². The largest absolute Gasteiger partial charge is 0.444 e. The molecule has 0 aliphatic carbocycles. The van der Waals surface area contributed by atoms with Crippen molar-refractivity contribution in [1.82, 2.24) is 25.3 Å². The molecule has 0 aliphatic rings. The number of alkyl halides is 2. The Labute approximate surface area is 212 Å². The van der Waals surface area contributed by atoms with Gasteiger partial charge in [-0.2, -0.15) is 4.98 Å². The smallest absolute Gasteiger partial charge is 0.413 e. The van der Waals surface area contributed by atoms with E-state index in [9.17, 15) is 13.6 Å². The average molecular weight is 515 g/mol. The lowest BCUT2D eigenvalue weighted by Gasteiger charge is -2.20. The summed E-state index contributed by atoms with van der Waals surface area (Å²) < 4.78 is 38.2. The zero-order chi connectivity index (χ0) is 27.2. The van der Waals surface area contributed by atoms with Crippen LogP contribution in [-0.2, 0) is 16.8 Å². The lowest BCUT2D eigenvalue weighted by atomic mass is 9.84. The minimum atomic E-state index is -0.809. The first-order valence-electron chi connectivity index (χ1n) is 11.2. The lowest BCUT2D eigenvalue weighted by Crippen LogP contribution is -2.27. The van der Waals surface area contributed by atoms with Gasteiger partial charge in [0.15, 0.2) is 6.67 Å². The second-order valence-corrected chi connectivity index (χ2v) is 9.32. The van der Waals surface area contributed by atoms with Crippen molar-refractivity contribution in [1.29, 1.82) is 0 Å². The van der Waals surface area contributed by atoms with Crippen LogP contribution in [-0.4, -0.2) is 44.2 Å². The number of benzene rings is 1. The number of rotatable bonds is 6. The molecular formula is C25H28F2N6O4. The highest BCUT2D eigenvalue weighted by Gasteiger charge is 2.30. The zero-order valence-electron chi connectivity index (χ0n) is 21.4. The Morgan fingerprint density at radius 2 is 1.68 bits per heavy atom. The average Bonchev–Trinajstić information content (AvgIpc) is 3.55. The van der Waals surface area contributed by atoms with Crippen LogP contribution in [0.5, 0.6) is 0 Å². The van der Waals surface area contributed by atoms with E-state index in [0.717, 1.165) is 5.56 Å². The molecule has 0 atom stereocenters. The summed E-state index contributed by atoms with van der Waals surface area (Å²) in [5.41, 5.74) is 1.00. The lowest BCUT2D eigenvalue weighted by molar-refractivity contribution is 0.0635. The molecule has 3 aromatic heterocycles. The summed E-state index contributed by atoms with van der Waals surface area (Å²) >= 11 is 0. The second kappa shape index (κ2) is 11.2. The Morgan fingerprint density at radius 1 is 1.00 bits per heavy atom. The number of amides is 1. The molecule has 0 radical (unpaired) electrons. The van der Waals surface area contributed by atoms with Gasteiger partial charge in [0.2, 0.25) is 23.5 Å². The maximum absolute atomic E-state index is 12.7. The molecule has 37 heavy (non-hydrogen) atoms. The molecule has 0 saturated heterocycles. The van der Waals surface area contributed by atoms with Gasteiger partial charge in [-0.1, -0.05) is 17.3 Å². The molecule has 0 fully saturated rings. The third kappa shape index (κ3) is 6.72. The predicted molar refractivity (Wildman–Crippen MR) is 131 cm³/mol. The number of ether oxygens (including phenoxy) is 1. The van der Waals surface area contributed by atoms with Crippen molar-refractivity contribution in [2.24, 2.45) is 0 Å². The van der Waals surface area contributed by atoms with E-state index >= 15 is 0 Å². The quantitative estimate of drug-likeness (QED) is 0.334. The van der Waals surface area contributed by atoms with Crippen molar-refractivity contribution in [2.45, 2.75) is 52.3 Å². The first-order valence-corrected chi connectivity index (χ1v) is 11.2. The molecule has 1 aromatic carbocycles. The van der Waals surface area contributed by atoms with Gasteiger partial charge in [-0.3, -0.25) is 9.71 Å². The van der Waals surface area contributed by atoms with Crippen LogP contribution in [0.4, 0.5) is 19.4 Å². The number of hydrogen-bond acceptors (Lipinski definition) is 9. The Hall–Kier alpha value is -4.22. The Balaban J connectivity index is 0.00000186. The molecule has 3 heterocycles. The Kier molecular flexibility index (Phi) is 8.31. The molecule has 196 valence electrons. The molecule has 0 aliphatic heterocycles. The summed E-state index contributed by atoms with van der Waals surface area (Å²) in [6.45, 7) is 8.45. The van der Waals surface area contributed by atoms with E-state index in [1.165, 1.54) is 0 Å². The minimum Gasteiger partial charge on any atom is -0.444 e. The molecule has 12 heteroatoms. The molecule has 0 bridgehead atoms. The van der Waals surface area contributed by atoms with Crippen LogP contribution in [0.25, 0.3) is 22.8 Å². The molecule has 1 N–H and O–H groups in total. The van der Waals surface area contributed by atoms with E-state index in [4.69, 9.17) is 13.7 Å². The maximum Gasteiger partial charge on any atom is 0.413 e. The van der Waals surface area contributed by atoms with Crippen molar-refractivity contribution < 1.29 is 27.3 Å². The summed E-state index contributed by atoms with van der Waals surface area (Å²) in [4.78, 5) is 20.7. The zero-order valence-corrected chi connectivity index (χ0v) is 21.4. The van der Waals surface area contributed by atoms with Crippen molar-refractivity contribution >= 4 is 11.9 Å². The van der Waals surface area contributed by atoms with Gasteiger partial charge in [0.05, 0.1) is 12.6 Å². The van der Waals surface area contributed by atoms with Gasteiger partial charge in [0.1, 0.15) is 11.4 Å². The van der Waals surface area contributed by atoms with Crippen LogP contribution in [0.1, 0.15) is 52.0 Å². The highest BCUT2D eigenvalue weighted by molar-refractivity contribution is 5.83. The fraction of sp³-hybridized carbons (Fsp3) is 0.360. The molecule has 10 nitrogen and oxygen atoms in total. The van der Waals surface area contributed by atoms with E-state index in [1.54, 1.807) is 39.1 Å². The molecule has 1 amide bonds. The molecule has 4 rings (SSSR count). The molecule has 4 aromatic rings. The normalized spacial score (nSPS) is 11.5. The number of carbonyl (C=O) groups excluding carboxylic acids is 1. The molecule has 0 saturated carbocycles. The number of aromatic nitrogens is 5. The highest BCUT2D eigenvalue weighted by Crippen LogP contribution is 2.33. The Bertz CT molecular complexity index is 1310. The van der Waals surface area contributed by atoms with Gasteiger partial charge in [-0.15, -0.1) is 10.2 Å². The number of anilines is 1. The number of carbonyl (C=O) groups is 1. The highest BCUT2D eigenvalue weighted by atomic mass is 19.1. The summed E-state index contributed by atoms with van der Waals surface area (Å²) in [6.07, 6.45) is 0.952. The standard InChI is InChI=1S/C24H25FN6O4.CH3F/c1-23(2,3)34-22(32)27-17-11-8-15(13-26-17)19-28-21(35-31-19)24(4,5)16-9-6-14(7-10-16)20-30-29-18(12-25)33-20;1-2/h6-11,13H,12H2,1-5H3,(H,26,27,32);1H3. The van der Waals surface area contributed by atoms with Gasteiger partial charge in [0, 0.05) is 17.3 Å². The van der Waals surface area contributed by atoms with Gasteiger partial charge >= 0.3 is 6.09 Å². The molecular weight excluding hydrogens is 486 g/mol. The van der Waals surface area contributed by atoms with Crippen LogP contribution in [0, 0.1) is 0 Å². The van der Waals surface area contributed by atoms with E-state index < -0.39 is 23.8 Å². The number of halogens is 2.